The monoisotopic (exact) mass is 222 g/mol. The van der Waals surface area contributed by atoms with E-state index in [4.69, 9.17) is 14.4 Å². The third-order valence-corrected chi connectivity index (χ3v) is 2.40. The average Bonchev–Trinajstić information content (AvgIpc) is 2.72. The molecule has 0 aromatic carbocycles. The summed E-state index contributed by atoms with van der Waals surface area (Å²) in [4.78, 5) is 0. The first-order chi connectivity index (χ1) is 7.80. The molecule has 0 bridgehead atoms. The van der Waals surface area contributed by atoms with Crippen LogP contribution in [0.5, 0.6) is 0 Å². The van der Waals surface area contributed by atoms with E-state index in [1.54, 1.807) is 7.11 Å². The van der Waals surface area contributed by atoms with Crippen LogP contribution >= 0.6 is 0 Å². The lowest BCUT2D eigenvalue weighted by molar-refractivity contribution is 0.162. The number of rotatable bonds is 7. The first-order valence-electron chi connectivity index (χ1n) is 5.47. The van der Waals surface area contributed by atoms with Crippen molar-refractivity contribution >= 4 is 0 Å². The Labute approximate surface area is 96.2 Å². The summed E-state index contributed by atoms with van der Waals surface area (Å²) in [5.74, 6) is 1.70. The van der Waals surface area contributed by atoms with Crippen LogP contribution in [0.25, 0.3) is 0 Å². The fourth-order valence-electron chi connectivity index (χ4n) is 1.45. The van der Waals surface area contributed by atoms with Crippen molar-refractivity contribution in [2.45, 2.75) is 39.0 Å². The summed E-state index contributed by atoms with van der Waals surface area (Å²) in [7, 11) is 1.64. The lowest BCUT2D eigenvalue weighted by Crippen LogP contribution is -2.27. The lowest BCUT2D eigenvalue weighted by atomic mass is 10.1. The van der Waals surface area contributed by atoms with Crippen molar-refractivity contribution in [2.24, 2.45) is 0 Å². The zero-order chi connectivity index (χ0) is 11.8. The molecule has 0 radical (unpaired) electrons. The van der Waals surface area contributed by atoms with Crippen LogP contribution in [0.1, 0.15) is 31.3 Å². The quantitative estimate of drug-likeness (QED) is 0.768. The Morgan fingerprint density at radius 1 is 1.50 bits per heavy atom. The van der Waals surface area contributed by atoms with Gasteiger partial charge >= 0.3 is 0 Å². The summed E-state index contributed by atoms with van der Waals surface area (Å²) in [5.41, 5.74) is 0. The van der Waals surface area contributed by atoms with Crippen molar-refractivity contribution in [3.63, 3.8) is 0 Å². The summed E-state index contributed by atoms with van der Waals surface area (Å²) in [6, 6.07) is 6.24. The Morgan fingerprint density at radius 3 is 2.88 bits per heavy atom. The van der Waals surface area contributed by atoms with Crippen molar-refractivity contribution in [1.29, 1.82) is 5.26 Å². The number of ether oxygens (including phenoxy) is 1. The minimum atomic E-state index is 0.237. The van der Waals surface area contributed by atoms with E-state index >= 15 is 0 Å². The molecule has 1 aromatic heterocycles. The molecule has 1 unspecified atom stereocenters. The summed E-state index contributed by atoms with van der Waals surface area (Å²) < 4.78 is 10.5. The molecule has 1 atom stereocenters. The molecule has 0 amide bonds. The van der Waals surface area contributed by atoms with Crippen molar-refractivity contribution in [3.8, 4) is 6.07 Å². The molecular formula is C12H18N2O2. The molecule has 1 rings (SSSR count). The maximum Gasteiger partial charge on any atom is 0.129 e. The first-order valence-corrected chi connectivity index (χ1v) is 5.47. The van der Waals surface area contributed by atoms with Gasteiger partial charge in [-0.05, 0) is 18.6 Å². The van der Waals surface area contributed by atoms with E-state index in [-0.39, 0.29) is 6.04 Å². The minimum Gasteiger partial charge on any atom is -0.462 e. The second-order valence-corrected chi connectivity index (χ2v) is 3.65. The van der Waals surface area contributed by atoms with Crippen LogP contribution in [-0.4, -0.2) is 13.2 Å². The third-order valence-electron chi connectivity index (χ3n) is 2.40. The van der Waals surface area contributed by atoms with Crippen molar-refractivity contribution in [2.75, 3.05) is 7.11 Å². The normalized spacial score (nSPS) is 12.3. The van der Waals surface area contributed by atoms with Gasteiger partial charge in [-0.15, -0.1) is 0 Å². The van der Waals surface area contributed by atoms with Gasteiger partial charge in [-0.25, -0.2) is 0 Å². The molecule has 0 aliphatic heterocycles. The molecule has 16 heavy (non-hydrogen) atoms. The van der Waals surface area contributed by atoms with E-state index in [1.807, 2.05) is 12.1 Å². The second kappa shape index (κ2) is 7.04. The van der Waals surface area contributed by atoms with E-state index in [9.17, 15) is 0 Å². The van der Waals surface area contributed by atoms with E-state index in [2.05, 4.69) is 18.3 Å². The number of nitrogens with one attached hydrogen (secondary N) is 1. The molecule has 0 saturated heterocycles. The highest BCUT2D eigenvalue weighted by Crippen LogP contribution is 2.09. The van der Waals surface area contributed by atoms with Gasteiger partial charge in [0, 0.05) is 13.2 Å². The van der Waals surface area contributed by atoms with Crippen LogP contribution in [0.2, 0.25) is 0 Å². The van der Waals surface area contributed by atoms with Gasteiger partial charge in [0.15, 0.2) is 0 Å². The van der Waals surface area contributed by atoms with E-state index in [0.717, 1.165) is 17.9 Å². The highest BCUT2D eigenvalue weighted by Gasteiger charge is 2.06. The molecule has 4 heteroatoms. The largest absolute Gasteiger partial charge is 0.462 e. The highest BCUT2D eigenvalue weighted by atomic mass is 16.5. The predicted octanol–water partition coefficient (Wildman–Crippen LogP) is 2.21. The van der Waals surface area contributed by atoms with Crippen LogP contribution in [0.4, 0.5) is 0 Å². The molecule has 0 saturated carbocycles. The highest BCUT2D eigenvalue weighted by molar-refractivity contribution is 5.06. The molecule has 4 nitrogen and oxygen atoms in total. The van der Waals surface area contributed by atoms with Gasteiger partial charge in [-0.2, -0.15) is 5.26 Å². The lowest BCUT2D eigenvalue weighted by Gasteiger charge is -2.11. The number of hydrogen-bond acceptors (Lipinski definition) is 4. The van der Waals surface area contributed by atoms with Crippen LogP contribution in [0.3, 0.4) is 0 Å². The topological polar surface area (TPSA) is 58.2 Å². The average molecular weight is 222 g/mol. The van der Waals surface area contributed by atoms with Gasteiger partial charge < -0.3 is 14.5 Å². The number of nitrogens with zero attached hydrogens (tertiary/aromatic N) is 1. The third kappa shape index (κ3) is 4.05. The summed E-state index contributed by atoms with van der Waals surface area (Å²) in [6.07, 6.45) is 1.47. The fraction of sp³-hybridized carbons (Fsp3) is 0.583. The van der Waals surface area contributed by atoms with Crippen molar-refractivity contribution < 1.29 is 9.15 Å². The van der Waals surface area contributed by atoms with Crippen molar-refractivity contribution in [3.05, 3.63) is 23.7 Å². The number of furan rings is 1. The SMILES string of the molecule is CCC(CC#N)NCc1ccc(COC)o1. The maximum atomic E-state index is 8.61. The van der Waals surface area contributed by atoms with Gasteiger partial charge in [0.05, 0.1) is 19.0 Å². The summed E-state index contributed by atoms with van der Waals surface area (Å²) >= 11 is 0. The molecule has 0 spiro atoms. The summed E-state index contributed by atoms with van der Waals surface area (Å²) in [6.45, 7) is 3.22. The Hall–Kier alpha value is -1.31. The number of methoxy groups -OCH3 is 1. The van der Waals surface area contributed by atoms with E-state index in [1.165, 1.54) is 0 Å². The molecule has 0 aliphatic carbocycles. The standard InChI is InChI=1S/C12H18N2O2/c1-3-10(6-7-13)14-8-11-4-5-12(16-11)9-15-2/h4-5,10,14H,3,6,8-9H2,1-2H3. The summed E-state index contributed by atoms with van der Waals surface area (Å²) in [5, 5.41) is 11.9. The molecule has 1 heterocycles. The molecule has 0 aliphatic rings. The van der Waals surface area contributed by atoms with Gasteiger partial charge in [0.1, 0.15) is 18.1 Å². The molecule has 0 fully saturated rings. The zero-order valence-electron chi connectivity index (χ0n) is 9.82. The molecule has 1 aromatic rings. The van der Waals surface area contributed by atoms with Crippen LogP contribution in [0.15, 0.2) is 16.5 Å². The Kier molecular flexibility index (Phi) is 5.62. The number of hydrogen-bond donors (Lipinski definition) is 1. The minimum absolute atomic E-state index is 0.237. The van der Waals surface area contributed by atoms with E-state index in [0.29, 0.717) is 19.6 Å². The Bertz CT molecular complexity index is 341. The molecule has 88 valence electrons. The van der Waals surface area contributed by atoms with Crippen LogP contribution < -0.4 is 5.32 Å². The Morgan fingerprint density at radius 2 is 2.25 bits per heavy atom. The molecular weight excluding hydrogens is 204 g/mol. The number of nitriles is 1. The Balaban J connectivity index is 2.38. The smallest absolute Gasteiger partial charge is 0.129 e. The first kappa shape index (κ1) is 12.8. The fourth-order valence-corrected chi connectivity index (χ4v) is 1.45. The van der Waals surface area contributed by atoms with Crippen LogP contribution in [0, 0.1) is 11.3 Å². The zero-order valence-corrected chi connectivity index (χ0v) is 9.82. The predicted molar refractivity (Wildman–Crippen MR) is 60.6 cm³/mol. The maximum absolute atomic E-state index is 8.61. The van der Waals surface area contributed by atoms with E-state index < -0.39 is 0 Å². The second-order valence-electron chi connectivity index (χ2n) is 3.65. The van der Waals surface area contributed by atoms with Gasteiger partial charge in [-0.3, -0.25) is 0 Å². The van der Waals surface area contributed by atoms with Crippen molar-refractivity contribution in [1.82, 2.24) is 5.32 Å². The van der Waals surface area contributed by atoms with Crippen LogP contribution in [-0.2, 0) is 17.9 Å². The van der Waals surface area contributed by atoms with Gasteiger partial charge in [0.2, 0.25) is 0 Å². The van der Waals surface area contributed by atoms with Gasteiger partial charge in [0.25, 0.3) is 0 Å². The molecule has 1 N–H and O–H groups in total. The van der Waals surface area contributed by atoms with Gasteiger partial charge in [-0.1, -0.05) is 6.92 Å².